The van der Waals surface area contributed by atoms with Crippen molar-refractivity contribution in [2.24, 2.45) is 0 Å². The first-order chi connectivity index (χ1) is 12.8. The van der Waals surface area contributed by atoms with Crippen molar-refractivity contribution in [3.8, 4) is 0 Å². The number of amides is 1. The summed E-state index contributed by atoms with van der Waals surface area (Å²) in [6, 6.07) is 4.47. The summed E-state index contributed by atoms with van der Waals surface area (Å²) in [7, 11) is 0. The molecule has 1 amide bonds. The molecule has 5 nitrogen and oxygen atoms in total. The van der Waals surface area contributed by atoms with E-state index in [1.54, 1.807) is 11.1 Å². The standard InChI is InChI=1S/C22H37N3O2/c1-7-15-24-16-10-9-13-19(24)18-12-11-14-23-20(18)25(17(3)8-2)21(26)27-22(4,5)6/h11-12,14,17,19H,7-10,13,15-16H2,1-6H3/t17-,19+/m0/s1. The SMILES string of the molecule is CCCN1CCCC[C@@H]1c1cccnc1N(C(=O)OC(C)(C)C)[C@@H](C)CC. The molecule has 1 aliphatic rings. The van der Waals surface area contributed by atoms with Gasteiger partial charge in [0.05, 0.1) is 0 Å². The fourth-order valence-electron chi connectivity index (χ4n) is 3.74. The number of hydrogen-bond acceptors (Lipinski definition) is 4. The van der Waals surface area contributed by atoms with Gasteiger partial charge in [-0.1, -0.05) is 26.3 Å². The zero-order chi connectivity index (χ0) is 20.0. The fourth-order valence-corrected chi connectivity index (χ4v) is 3.74. The number of hydrogen-bond donors (Lipinski definition) is 0. The van der Waals surface area contributed by atoms with Crippen LogP contribution in [-0.4, -0.2) is 40.7 Å². The summed E-state index contributed by atoms with van der Waals surface area (Å²) in [5.74, 6) is 0.758. The number of piperidine rings is 1. The van der Waals surface area contributed by atoms with Crippen LogP contribution in [0.5, 0.6) is 0 Å². The van der Waals surface area contributed by atoms with Gasteiger partial charge in [0, 0.05) is 23.8 Å². The van der Waals surface area contributed by atoms with Crippen LogP contribution in [0.4, 0.5) is 10.6 Å². The lowest BCUT2D eigenvalue weighted by molar-refractivity contribution is 0.0564. The Morgan fingerprint density at radius 1 is 1.37 bits per heavy atom. The highest BCUT2D eigenvalue weighted by molar-refractivity contribution is 5.88. The highest BCUT2D eigenvalue weighted by Crippen LogP contribution is 2.36. The van der Waals surface area contributed by atoms with Crippen LogP contribution in [-0.2, 0) is 4.74 Å². The second kappa shape index (κ2) is 9.54. The number of ether oxygens (including phenoxy) is 1. The number of aromatic nitrogens is 1. The molecule has 152 valence electrons. The molecule has 0 aliphatic carbocycles. The lowest BCUT2D eigenvalue weighted by atomic mass is 9.94. The Bertz CT molecular complexity index is 610. The van der Waals surface area contributed by atoms with Gasteiger partial charge in [0.25, 0.3) is 0 Å². The van der Waals surface area contributed by atoms with Crippen molar-refractivity contribution < 1.29 is 9.53 Å². The first kappa shape index (κ1) is 21.7. The topological polar surface area (TPSA) is 45.7 Å². The highest BCUT2D eigenvalue weighted by atomic mass is 16.6. The second-order valence-corrected chi connectivity index (χ2v) is 8.57. The average molecular weight is 376 g/mol. The number of rotatable bonds is 6. The molecule has 27 heavy (non-hydrogen) atoms. The lowest BCUT2D eigenvalue weighted by Gasteiger charge is -2.38. The molecule has 5 heteroatoms. The predicted molar refractivity (Wildman–Crippen MR) is 111 cm³/mol. The van der Waals surface area contributed by atoms with Crippen LogP contribution in [0.2, 0.25) is 0 Å². The molecule has 0 bridgehead atoms. The minimum absolute atomic E-state index is 0.0247. The first-order valence-electron chi connectivity index (χ1n) is 10.5. The number of anilines is 1. The molecule has 1 saturated heterocycles. The molecule has 0 unspecified atom stereocenters. The van der Waals surface area contributed by atoms with Gasteiger partial charge in [0.1, 0.15) is 11.4 Å². The summed E-state index contributed by atoms with van der Waals surface area (Å²) in [6.07, 6.45) is 7.02. The normalized spacial score (nSPS) is 19.6. The largest absolute Gasteiger partial charge is 0.443 e. The van der Waals surface area contributed by atoms with Crippen molar-refractivity contribution in [2.75, 3.05) is 18.0 Å². The number of nitrogens with zero attached hydrogens (tertiary/aromatic N) is 3. The van der Waals surface area contributed by atoms with Crippen LogP contribution in [0, 0.1) is 0 Å². The average Bonchev–Trinajstić information content (AvgIpc) is 2.61. The van der Waals surface area contributed by atoms with Crippen molar-refractivity contribution in [3.05, 3.63) is 23.9 Å². The monoisotopic (exact) mass is 375 g/mol. The maximum absolute atomic E-state index is 13.1. The Labute approximate surface area is 165 Å². The summed E-state index contributed by atoms with van der Waals surface area (Å²) < 4.78 is 5.73. The molecule has 1 aromatic rings. The summed E-state index contributed by atoms with van der Waals surface area (Å²) >= 11 is 0. The van der Waals surface area contributed by atoms with Crippen molar-refractivity contribution in [1.29, 1.82) is 0 Å². The van der Waals surface area contributed by atoms with Crippen LogP contribution in [0.25, 0.3) is 0 Å². The molecule has 0 saturated carbocycles. The van der Waals surface area contributed by atoms with Crippen LogP contribution < -0.4 is 4.90 Å². The number of likely N-dealkylation sites (tertiary alicyclic amines) is 1. The number of carbonyl (C=O) groups excluding carboxylic acids is 1. The van der Waals surface area contributed by atoms with E-state index in [4.69, 9.17) is 4.74 Å². The van der Waals surface area contributed by atoms with Crippen LogP contribution >= 0.6 is 0 Å². The van der Waals surface area contributed by atoms with Gasteiger partial charge in [-0.3, -0.25) is 9.80 Å². The van der Waals surface area contributed by atoms with Gasteiger partial charge in [0.2, 0.25) is 0 Å². The van der Waals surface area contributed by atoms with Gasteiger partial charge in [-0.05, 0) is 72.5 Å². The minimum atomic E-state index is -0.531. The smallest absolute Gasteiger partial charge is 0.416 e. The van der Waals surface area contributed by atoms with Gasteiger partial charge in [-0.25, -0.2) is 9.78 Å². The van der Waals surface area contributed by atoms with Gasteiger partial charge in [-0.2, -0.15) is 0 Å². The van der Waals surface area contributed by atoms with Gasteiger partial charge in [-0.15, -0.1) is 0 Å². The number of pyridine rings is 1. The third kappa shape index (κ3) is 5.68. The van der Waals surface area contributed by atoms with E-state index in [0.717, 1.165) is 43.7 Å². The van der Waals surface area contributed by atoms with E-state index in [9.17, 15) is 4.79 Å². The molecule has 1 aliphatic heterocycles. The third-order valence-electron chi connectivity index (χ3n) is 5.15. The minimum Gasteiger partial charge on any atom is -0.443 e. The van der Waals surface area contributed by atoms with Gasteiger partial charge < -0.3 is 4.74 Å². The zero-order valence-corrected chi connectivity index (χ0v) is 18.0. The van der Waals surface area contributed by atoms with Gasteiger partial charge in [0.15, 0.2) is 0 Å². The Morgan fingerprint density at radius 3 is 2.74 bits per heavy atom. The van der Waals surface area contributed by atoms with Crippen LogP contribution in [0.1, 0.15) is 85.3 Å². The van der Waals surface area contributed by atoms with E-state index in [0.29, 0.717) is 6.04 Å². The number of carbonyl (C=O) groups is 1. The Kier molecular flexibility index (Phi) is 7.66. The molecular formula is C22H37N3O2. The van der Waals surface area contributed by atoms with Crippen molar-refractivity contribution in [3.63, 3.8) is 0 Å². The lowest BCUT2D eigenvalue weighted by Crippen LogP contribution is -2.44. The molecule has 0 spiro atoms. The highest BCUT2D eigenvalue weighted by Gasteiger charge is 2.33. The van der Waals surface area contributed by atoms with Crippen molar-refractivity contribution in [1.82, 2.24) is 9.88 Å². The Hall–Kier alpha value is -1.62. The van der Waals surface area contributed by atoms with Crippen LogP contribution in [0.15, 0.2) is 18.3 Å². The molecule has 0 N–H and O–H groups in total. The molecule has 1 aromatic heterocycles. The summed E-state index contributed by atoms with van der Waals surface area (Å²) in [4.78, 5) is 22.0. The Morgan fingerprint density at radius 2 is 2.11 bits per heavy atom. The van der Waals surface area contributed by atoms with E-state index in [2.05, 4.69) is 36.7 Å². The predicted octanol–water partition coefficient (Wildman–Crippen LogP) is 5.56. The third-order valence-corrected chi connectivity index (χ3v) is 5.15. The molecule has 2 atom stereocenters. The Balaban J connectivity index is 2.43. The molecule has 2 rings (SSSR count). The molecule has 0 radical (unpaired) electrons. The second-order valence-electron chi connectivity index (χ2n) is 8.57. The molecule has 2 heterocycles. The molecular weight excluding hydrogens is 338 g/mol. The van der Waals surface area contributed by atoms with Crippen molar-refractivity contribution in [2.45, 2.75) is 91.3 Å². The summed E-state index contributed by atoms with van der Waals surface area (Å²) in [5.41, 5.74) is 0.619. The molecule has 0 aromatic carbocycles. The fraction of sp³-hybridized carbons (Fsp3) is 0.727. The maximum Gasteiger partial charge on any atom is 0.416 e. The van der Waals surface area contributed by atoms with Crippen LogP contribution in [0.3, 0.4) is 0 Å². The van der Waals surface area contributed by atoms with E-state index in [1.165, 1.54) is 12.8 Å². The zero-order valence-electron chi connectivity index (χ0n) is 18.0. The van der Waals surface area contributed by atoms with E-state index in [-0.39, 0.29) is 12.1 Å². The van der Waals surface area contributed by atoms with Gasteiger partial charge >= 0.3 is 6.09 Å². The van der Waals surface area contributed by atoms with Crippen molar-refractivity contribution >= 4 is 11.9 Å². The first-order valence-corrected chi connectivity index (χ1v) is 10.5. The van der Waals surface area contributed by atoms with E-state index < -0.39 is 5.60 Å². The summed E-state index contributed by atoms with van der Waals surface area (Å²) in [6.45, 7) is 14.3. The van der Waals surface area contributed by atoms with E-state index >= 15 is 0 Å². The van der Waals surface area contributed by atoms with E-state index in [1.807, 2.05) is 26.8 Å². The quantitative estimate of drug-likeness (QED) is 0.653. The summed E-state index contributed by atoms with van der Waals surface area (Å²) in [5, 5.41) is 0. The maximum atomic E-state index is 13.1. The molecule has 1 fully saturated rings.